The second kappa shape index (κ2) is 7.31. The van der Waals surface area contributed by atoms with Crippen molar-refractivity contribution in [3.05, 3.63) is 35.0 Å². The summed E-state index contributed by atoms with van der Waals surface area (Å²) in [6.45, 7) is 2.62. The van der Waals surface area contributed by atoms with Crippen molar-refractivity contribution in [1.29, 1.82) is 0 Å². The van der Waals surface area contributed by atoms with Crippen LogP contribution in [0.4, 0.5) is 11.5 Å². The molecule has 2 aromatic rings. The van der Waals surface area contributed by atoms with E-state index in [0.717, 1.165) is 61.2 Å². The van der Waals surface area contributed by atoms with E-state index >= 15 is 0 Å². The van der Waals surface area contributed by atoms with Gasteiger partial charge in [-0.25, -0.2) is 8.42 Å². The fourth-order valence-corrected chi connectivity index (χ4v) is 8.10. The molecule has 182 valence electrons. The molecule has 2 heterocycles. The molecule has 0 saturated heterocycles. The topological polar surface area (TPSA) is 105 Å². The average Bonchev–Trinajstić information content (AvgIpc) is 3.28. The molecule has 34 heavy (non-hydrogen) atoms. The van der Waals surface area contributed by atoms with Crippen LogP contribution in [-0.4, -0.2) is 53.7 Å². The van der Waals surface area contributed by atoms with E-state index < -0.39 is 15.4 Å². The molecule has 2 N–H and O–H groups in total. The van der Waals surface area contributed by atoms with Crippen LogP contribution in [0.1, 0.15) is 53.7 Å². The van der Waals surface area contributed by atoms with Crippen molar-refractivity contribution in [1.82, 2.24) is 15.1 Å². The second-order valence-electron chi connectivity index (χ2n) is 11.1. The van der Waals surface area contributed by atoms with Crippen molar-refractivity contribution >= 4 is 27.2 Å². The number of aliphatic hydroxyl groups is 1. The Kier molecular flexibility index (Phi) is 4.75. The highest BCUT2D eigenvalue weighted by Gasteiger charge is 2.55. The summed E-state index contributed by atoms with van der Waals surface area (Å²) in [6.07, 6.45) is 6.68. The number of fused-ring (bicyclic) bond motifs is 1. The van der Waals surface area contributed by atoms with Crippen LogP contribution in [0.2, 0.25) is 0 Å². The summed E-state index contributed by atoms with van der Waals surface area (Å²) in [7, 11) is -1.49. The van der Waals surface area contributed by atoms with E-state index in [1.807, 2.05) is 20.0 Å². The average molecular weight is 485 g/mol. The largest absolute Gasteiger partial charge is 0.390 e. The number of anilines is 2. The number of hydrogen-bond donors (Lipinski definition) is 2. The first-order valence-electron chi connectivity index (χ1n) is 12.2. The lowest BCUT2D eigenvalue weighted by atomic mass is 9.52. The Morgan fingerprint density at radius 3 is 2.56 bits per heavy atom. The van der Waals surface area contributed by atoms with E-state index in [-0.39, 0.29) is 11.9 Å². The highest BCUT2D eigenvalue weighted by molar-refractivity contribution is 7.90. The Balaban J connectivity index is 1.28. The molecule has 4 saturated carbocycles. The zero-order valence-corrected chi connectivity index (χ0v) is 20.7. The van der Waals surface area contributed by atoms with Crippen molar-refractivity contribution in [2.75, 3.05) is 17.7 Å². The predicted octanol–water partition coefficient (Wildman–Crippen LogP) is 2.50. The second-order valence-corrected chi connectivity index (χ2v) is 13.1. The first-order valence-corrected chi connectivity index (χ1v) is 14.1. The number of hydrogen-bond acceptors (Lipinski definition) is 6. The SMILES string of the molecule is Cc1c(C(=O)NC2C3CC4CC2CC(O)(C4)C3)nn(C)c1N1CCc2ccc(S(C)(=O)=O)cc21. The summed E-state index contributed by atoms with van der Waals surface area (Å²) < 4.78 is 26.0. The molecule has 0 spiro atoms. The van der Waals surface area contributed by atoms with Crippen LogP contribution >= 0.6 is 0 Å². The number of nitrogens with one attached hydrogen (secondary N) is 1. The molecule has 1 aromatic carbocycles. The minimum absolute atomic E-state index is 0.0963. The fourth-order valence-electron chi connectivity index (χ4n) is 7.46. The molecular weight excluding hydrogens is 452 g/mol. The van der Waals surface area contributed by atoms with Gasteiger partial charge in [0.1, 0.15) is 5.82 Å². The third-order valence-corrected chi connectivity index (χ3v) is 9.75. The quantitative estimate of drug-likeness (QED) is 0.691. The molecule has 4 fully saturated rings. The normalized spacial score (nSPS) is 31.7. The van der Waals surface area contributed by atoms with Gasteiger partial charge in [-0.15, -0.1) is 0 Å². The van der Waals surface area contributed by atoms with Gasteiger partial charge in [0.2, 0.25) is 0 Å². The molecule has 1 aliphatic heterocycles. The van der Waals surface area contributed by atoms with Gasteiger partial charge >= 0.3 is 0 Å². The van der Waals surface area contributed by atoms with E-state index in [1.54, 1.807) is 16.8 Å². The molecule has 4 aliphatic carbocycles. The van der Waals surface area contributed by atoms with Gasteiger partial charge < -0.3 is 15.3 Å². The molecule has 1 amide bonds. The molecule has 1 aromatic heterocycles. The Morgan fingerprint density at radius 2 is 1.91 bits per heavy atom. The summed E-state index contributed by atoms with van der Waals surface area (Å²) >= 11 is 0. The number of carbonyl (C=O) groups excluding carboxylic acids is 1. The van der Waals surface area contributed by atoms with Crippen LogP contribution in [0.25, 0.3) is 0 Å². The lowest BCUT2D eigenvalue weighted by molar-refractivity contribution is -0.136. The van der Waals surface area contributed by atoms with Gasteiger partial charge in [0.25, 0.3) is 5.91 Å². The van der Waals surface area contributed by atoms with Gasteiger partial charge in [-0.3, -0.25) is 9.48 Å². The molecular formula is C25H32N4O4S. The number of carbonyl (C=O) groups is 1. The number of amides is 1. The number of aryl methyl sites for hydroxylation is 1. The summed E-state index contributed by atoms with van der Waals surface area (Å²) in [5.41, 5.74) is 2.62. The monoisotopic (exact) mass is 484 g/mol. The Morgan fingerprint density at radius 1 is 1.21 bits per heavy atom. The number of sulfone groups is 1. The van der Waals surface area contributed by atoms with Gasteiger partial charge in [-0.2, -0.15) is 5.10 Å². The first-order chi connectivity index (χ1) is 16.0. The third kappa shape index (κ3) is 3.39. The van der Waals surface area contributed by atoms with Gasteiger partial charge in [0, 0.05) is 37.1 Å². The zero-order chi connectivity index (χ0) is 24.0. The minimum Gasteiger partial charge on any atom is -0.390 e. The smallest absolute Gasteiger partial charge is 0.272 e. The van der Waals surface area contributed by atoms with Crippen molar-refractivity contribution in [3.63, 3.8) is 0 Å². The van der Waals surface area contributed by atoms with Gasteiger partial charge in [0.05, 0.1) is 10.5 Å². The van der Waals surface area contributed by atoms with Crippen LogP contribution in [0.15, 0.2) is 23.1 Å². The maximum Gasteiger partial charge on any atom is 0.272 e. The standard InChI is InChI=1S/C25H32N4O4S/c1-14-21(23(30)26-22-17-8-15-9-18(22)13-25(31,11-15)12-17)27-28(2)24(14)29-7-6-16-4-5-19(10-20(16)29)34(3,32)33/h4-5,10,15,17-18,22,31H,6-9,11-13H2,1-3H3,(H,26,30). The lowest BCUT2D eigenvalue weighted by Gasteiger charge is -2.58. The van der Waals surface area contributed by atoms with E-state index in [0.29, 0.717) is 34.9 Å². The van der Waals surface area contributed by atoms with E-state index in [2.05, 4.69) is 15.3 Å². The number of nitrogens with zero attached hydrogens (tertiary/aromatic N) is 3. The van der Waals surface area contributed by atoms with Crippen molar-refractivity contribution < 1.29 is 18.3 Å². The van der Waals surface area contributed by atoms with Crippen molar-refractivity contribution in [3.8, 4) is 0 Å². The van der Waals surface area contributed by atoms with Crippen molar-refractivity contribution in [2.24, 2.45) is 24.8 Å². The minimum atomic E-state index is -3.32. The molecule has 2 atom stereocenters. The van der Waals surface area contributed by atoms with E-state index in [1.165, 1.54) is 6.26 Å². The van der Waals surface area contributed by atoms with Crippen molar-refractivity contribution in [2.45, 2.75) is 62.0 Å². The van der Waals surface area contributed by atoms with Crippen LogP contribution in [0.5, 0.6) is 0 Å². The summed E-state index contributed by atoms with van der Waals surface area (Å²) in [6, 6.07) is 5.36. The zero-order valence-electron chi connectivity index (χ0n) is 19.9. The molecule has 4 bridgehead atoms. The number of rotatable bonds is 4. The fraction of sp³-hybridized carbons (Fsp3) is 0.600. The van der Waals surface area contributed by atoms with Crippen LogP contribution < -0.4 is 10.2 Å². The maximum atomic E-state index is 13.4. The molecule has 2 unspecified atom stereocenters. The number of aromatic nitrogens is 2. The Hall–Kier alpha value is -2.39. The van der Waals surface area contributed by atoms with Gasteiger partial charge in [-0.1, -0.05) is 6.07 Å². The third-order valence-electron chi connectivity index (χ3n) is 8.64. The van der Waals surface area contributed by atoms with Crippen LogP contribution in [0, 0.1) is 24.7 Å². The van der Waals surface area contributed by atoms with Gasteiger partial charge in [0.15, 0.2) is 15.5 Å². The maximum absolute atomic E-state index is 13.4. The molecule has 0 radical (unpaired) electrons. The van der Waals surface area contributed by atoms with Crippen LogP contribution in [0.3, 0.4) is 0 Å². The number of benzene rings is 1. The lowest BCUT2D eigenvalue weighted by Crippen LogP contribution is -2.61. The Bertz CT molecular complexity index is 1280. The Labute approximate surface area is 200 Å². The van der Waals surface area contributed by atoms with Gasteiger partial charge in [-0.05, 0) is 80.9 Å². The predicted molar refractivity (Wildman–Crippen MR) is 128 cm³/mol. The highest BCUT2D eigenvalue weighted by atomic mass is 32.2. The van der Waals surface area contributed by atoms with E-state index in [4.69, 9.17) is 0 Å². The summed E-state index contributed by atoms with van der Waals surface area (Å²) in [5, 5.41) is 18.7. The molecule has 7 rings (SSSR count). The van der Waals surface area contributed by atoms with E-state index in [9.17, 15) is 18.3 Å². The highest BCUT2D eigenvalue weighted by Crippen LogP contribution is 2.55. The molecule has 9 heteroatoms. The first kappa shape index (κ1) is 22.1. The molecule has 5 aliphatic rings. The summed E-state index contributed by atoms with van der Waals surface area (Å²) in [4.78, 5) is 15.8. The molecule has 8 nitrogen and oxygen atoms in total. The van der Waals surface area contributed by atoms with Crippen LogP contribution in [-0.2, 0) is 23.3 Å². The summed E-state index contributed by atoms with van der Waals surface area (Å²) in [5.74, 6) is 1.92.